The highest BCUT2D eigenvalue weighted by atomic mass is 32.2. The zero-order chi connectivity index (χ0) is 24.5. The summed E-state index contributed by atoms with van der Waals surface area (Å²) in [7, 11) is 0. The molecule has 8 nitrogen and oxygen atoms in total. The minimum absolute atomic E-state index is 0.0810. The summed E-state index contributed by atoms with van der Waals surface area (Å²) in [6, 6.07) is 16.2. The fourth-order valence-corrected chi connectivity index (χ4v) is 4.95. The Morgan fingerprint density at radius 2 is 1.71 bits per heavy atom. The van der Waals surface area contributed by atoms with Crippen molar-refractivity contribution < 1.29 is 4.79 Å². The number of rotatable bonds is 4. The molecule has 5 rings (SSSR count). The summed E-state index contributed by atoms with van der Waals surface area (Å²) in [6.07, 6.45) is 2.02. The van der Waals surface area contributed by atoms with Gasteiger partial charge in [-0.2, -0.15) is 10.2 Å². The first-order valence-electron chi connectivity index (χ1n) is 11.7. The summed E-state index contributed by atoms with van der Waals surface area (Å²) in [5.74, 6) is 0.771. The number of fused-ring (bicyclic) bond motifs is 1. The molecule has 0 atom stereocenters. The Bertz CT molecular complexity index is 1370. The number of thioether (sulfide) groups is 1. The number of urea groups is 1. The molecule has 2 aromatic carbocycles. The van der Waals surface area contributed by atoms with Gasteiger partial charge in [-0.25, -0.2) is 9.48 Å². The van der Waals surface area contributed by atoms with Crippen LogP contribution in [0.25, 0.3) is 16.6 Å². The minimum atomic E-state index is -0.0810. The third kappa shape index (κ3) is 4.55. The van der Waals surface area contributed by atoms with Crippen LogP contribution in [0.2, 0.25) is 0 Å². The zero-order valence-electron chi connectivity index (χ0n) is 20.4. The van der Waals surface area contributed by atoms with E-state index in [1.807, 2.05) is 47.0 Å². The SMILES string of the molecule is CSc1cccc(NC(=O)N2CCN(c3nnc(C)c4c(C)n(-c5ccc(C)cc5)nc34)CC2)c1. The molecule has 0 radical (unpaired) electrons. The van der Waals surface area contributed by atoms with Crippen LogP contribution in [0.15, 0.2) is 53.4 Å². The number of carbonyl (C=O) groups is 1. The molecule has 4 aromatic rings. The van der Waals surface area contributed by atoms with E-state index in [1.54, 1.807) is 11.8 Å². The molecule has 1 aliphatic heterocycles. The monoisotopic (exact) mass is 487 g/mol. The molecule has 180 valence electrons. The summed E-state index contributed by atoms with van der Waals surface area (Å²) in [4.78, 5) is 18.0. The molecule has 0 bridgehead atoms. The lowest BCUT2D eigenvalue weighted by Gasteiger charge is -2.35. The van der Waals surface area contributed by atoms with Gasteiger partial charge < -0.3 is 15.1 Å². The van der Waals surface area contributed by atoms with Crippen LogP contribution >= 0.6 is 11.8 Å². The minimum Gasteiger partial charge on any atom is -0.350 e. The second-order valence-corrected chi connectivity index (χ2v) is 9.68. The van der Waals surface area contributed by atoms with Gasteiger partial charge in [0.2, 0.25) is 0 Å². The molecule has 1 aliphatic rings. The van der Waals surface area contributed by atoms with E-state index in [4.69, 9.17) is 5.10 Å². The van der Waals surface area contributed by atoms with Crippen molar-refractivity contribution in [3.05, 3.63) is 65.5 Å². The number of aryl methyl sites for hydroxylation is 3. The van der Waals surface area contributed by atoms with Gasteiger partial charge in [0.25, 0.3) is 0 Å². The van der Waals surface area contributed by atoms with Gasteiger partial charge in [0.1, 0.15) is 5.52 Å². The Balaban J connectivity index is 1.35. The fourth-order valence-electron chi connectivity index (χ4n) is 4.49. The summed E-state index contributed by atoms with van der Waals surface area (Å²) in [5.41, 5.74) is 5.80. The molecular formula is C26H29N7OS. The van der Waals surface area contributed by atoms with Crippen LogP contribution in [0.4, 0.5) is 16.3 Å². The third-order valence-electron chi connectivity index (χ3n) is 6.45. The van der Waals surface area contributed by atoms with E-state index in [0.29, 0.717) is 26.2 Å². The second-order valence-electron chi connectivity index (χ2n) is 8.80. The Labute approximate surface area is 209 Å². The zero-order valence-corrected chi connectivity index (χ0v) is 21.3. The standard InChI is InChI=1S/C26H29N7OS/c1-17-8-10-21(11-9-17)33-19(3)23-18(2)28-29-25(24(23)30-33)31-12-14-32(15-13-31)26(34)27-20-6-5-7-22(16-20)35-4/h5-11,16H,12-15H2,1-4H3,(H,27,34). The molecule has 0 saturated carbocycles. The molecule has 1 N–H and O–H groups in total. The van der Waals surface area contributed by atoms with Gasteiger partial charge in [0, 0.05) is 36.8 Å². The molecule has 35 heavy (non-hydrogen) atoms. The predicted molar refractivity (Wildman–Crippen MR) is 142 cm³/mol. The lowest BCUT2D eigenvalue weighted by molar-refractivity contribution is 0.208. The largest absolute Gasteiger partial charge is 0.350 e. The Morgan fingerprint density at radius 3 is 2.43 bits per heavy atom. The normalized spacial score (nSPS) is 13.9. The number of hydrogen-bond donors (Lipinski definition) is 1. The number of piperazine rings is 1. The van der Waals surface area contributed by atoms with E-state index in [1.165, 1.54) is 5.56 Å². The van der Waals surface area contributed by atoms with Crippen LogP contribution in [0, 0.1) is 20.8 Å². The maximum atomic E-state index is 12.8. The molecule has 0 unspecified atom stereocenters. The average Bonchev–Trinajstić information content (AvgIpc) is 3.23. The Hall–Kier alpha value is -3.59. The Morgan fingerprint density at radius 1 is 0.971 bits per heavy atom. The highest BCUT2D eigenvalue weighted by Crippen LogP contribution is 2.30. The number of anilines is 2. The van der Waals surface area contributed by atoms with Gasteiger partial charge >= 0.3 is 6.03 Å². The van der Waals surface area contributed by atoms with Crippen molar-refractivity contribution in [2.24, 2.45) is 0 Å². The van der Waals surface area contributed by atoms with Crippen LogP contribution in [0.5, 0.6) is 0 Å². The number of benzene rings is 2. The topological polar surface area (TPSA) is 79.2 Å². The first-order chi connectivity index (χ1) is 16.9. The molecular weight excluding hydrogens is 458 g/mol. The predicted octanol–water partition coefficient (Wildman–Crippen LogP) is 4.82. The van der Waals surface area contributed by atoms with Crippen molar-refractivity contribution >= 4 is 40.2 Å². The average molecular weight is 488 g/mol. The van der Waals surface area contributed by atoms with E-state index < -0.39 is 0 Å². The van der Waals surface area contributed by atoms with E-state index in [-0.39, 0.29) is 6.03 Å². The summed E-state index contributed by atoms with van der Waals surface area (Å²) in [5, 5.41) is 18.0. The van der Waals surface area contributed by atoms with Crippen molar-refractivity contribution in [3.63, 3.8) is 0 Å². The molecule has 0 aliphatic carbocycles. The number of nitrogens with zero attached hydrogens (tertiary/aromatic N) is 6. The maximum Gasteiger partial charge on any atom is 0.321 e. The lowest BCUT2D eigenvalue weighted by Crippen LogP contribution is -2.50. The van der Waals surface area contributed by atoms with Gasteiger partial charge in [-0.3, -0.25) is 0 Å². The highest BCUT2D eigenvalue weighted by molar-refractivity contribution is 7.98. The summed E-state index contributed by atoms with van der Waals surface area (Å²) in [6.45, 7) is 8.66. The van der Waals surface area contributed by atoms with Crippen LogP contribution in [0.3, 0.4) is 0 Å². The number of aromatic nitrogens is 4. The van der Waals surface area contributed by atoms with Crippen molar-refractivity contribution in [2.75, 3.05) is 42.7 Å². The van der Waals surface area contributed by atoms with Crippen molar-refractivity contribution in [2.45, 2.75) is 25.7 Å². The van der Waals surface area contributed by atoms with Crippen LogP contribution in [-0.4, -0.2) is 63.3 Å². The molecule has 9 heteroatoms. The number of amides is 2. The second kappa shape index (κ2) is 9.58. The van der Waals surface area contributed by atoms with Crippen LogP contribution in [0.1, 0.15) is 17.0 Å². The number of hydrogen-bond acceptors (Lipinski definition) is 6. The van der Waals surface area contributed by atoms with E-state index in [9.17, 15) is 4.79 Å². The van der Waals surface area contributed by atoms with Gasteiger partial charge in [-0.15, -0.1) is 16.9 Å². The molecule has 1 fully saturated rings. The molecule has 2 amide bonds. The van der Waals surface area contributed by atoms with Crippen molar-refractivity contribution in [3.8, 4) is 5.69 Å². The van der Waals surface area contributed by atoms with Crippen molar-refractivity contribution in [1.29, 1.82) is 0 Å². The van der Waals surface area contributed by atoms with E-state index >= 15 is 0 Å². The first kappa shape index (κ1) is 23.2. The quantitative estimate of drug-likeness (QED) is 0.416. The molecule has 1 saturated heterocycles. The number of carbonyl (C=O) groups excluding carboxylic acids is 1. The summed E-state index contributed by atoms with van der Waals surface area (Å²) >= 11 is 1.66. The highest BCUT2D eigenvalue weighted by Gasteiger charge is 2.26. The maximum absolute atomic E-state index is 12.8. The number of nitrogens with one attached hydrogen (secondary N) is 1. The molecule has 2 aromatic heterocycles. The molecule has 0 spiro atoms. The van der Waals surface area contributed by atoms with Gasteiger partial charge in [0.15, 0.2) is 5.82 Å². The molecule has 3 heterocycles. The fraction of sp³-hybridized carbons (Fsp3) is 0.308. The van der Waals surface area contributed by atoms with E-state index in [0.717, 1.165) is 44.4 Å². The lowest BCUT2D eigenvalue weighted by atomic mass is 10.2. The van der Waals surface area contributed by atoms with Gasteiger partial charge in [-0.1, -0.05) is 23.8 Å². The first-order valence-corrected chi connectivity index (χ1v) is 12.9. The van der Waals surface area contributed by atoms with Crippen LogP contribution < -0.4 is 10.2 Å². The third-order valence-corrected chi connectivity index (χ3v) is 7.18. The van der Waals surface area contributed by atoms with Crippen LogP contribution in [-0.2, 0) is 0 Å². The smallest absolute Gasteiger partial charge is 0.321 e. The summed E-state index contributed by atoms with van der Waals surface area (Å²) < 4.78 is 1.97. The van der Waals surface area contributed by atoms with Gasteiger partial charge in [-0.05, 0) is 57.4 Å². The van der Waals surface area contributed by atoms with Crippen molar-refractivity contribution in [1.82, 2.24) is 24.9 Å². The van der Waals surface area contributed by atoms with E-state index in [2.05, 4.69) is 58.5 Å². The van der Waals surface area contributed by atoms with Gasteiger partial charge in [0.05, 0.1) is 22.5 Å². The Kier molecular flexibility index (Phi) is 6.34.